The number of aromatic nitrogens is 1. The molecule has 3 aliphatic heterocycles. The van der Waals surface area contributed by atoms with Gasteiger partial charge >= 0.3 is 30.5 Å². The van der Waals surface area contributed by atoms with E-state index in [2.05, 4.69) is 16.0 Å². The van der Waals surface area contributed by atoms with E-state index in [0.29, 0.717) is 42.4 Å². The number of aliphatic hydroxyl groups excluding tert-OH is 4. The number of aliphatic carboxylic acids is 3. The molecule has 0 aliphatic carbocycles. The van der Waals surface area contributed by atoms with Crippen molar-refractivity contribution < 1.29 is 132 Å². The van der Waals surface area contributed by atoms with Gasteiger partial charge in [0.2, 0.25) is 24.0 Å². The molecular formula is C53H61F9N8O18. The molecule has 26 nitrogen and oxygen atoms in total. The van der Waals surface area contributed by atoms with Gasteiger partial charge in [0.1, 0.15) is 42.2 Å². The number of halogens is 9. The molecular weight excluding hydrogens is 1210 g/mol. The number of carboxylic acid groups (broad SMARTS) is 3. The maximum absolute atomic E-state index is 13.3. The summed E-state index contributed by atoms with van der Waals surface area (Å²) in [6.07, 6.45) is -9.93. The number of anilines is 2. The number of pyridine rings is 1. The first-order valence-electron chi connectivity index (χ1n) is 26.0. The van der Waals surface area contributed by atoms with Crippen LogP contribution in [-0.4, -0.2) is 188 Å². The highest BCUT2D eigenvalue weighted by Crippen LogP contribution is 2.31. The van der Waals surface area contributed by atoms with E-state index in [1.54, 1.807) is 42.5 Å². The number of amides is 6. The second kappa shape index (κ2) is 34.0. The summed E-state index contributed by atoms with van der Waals surface area (Å²) in [7, 11) is 0. The Bertz CT molecular complexity index is 2900. The van der Waals surface area contributed by atoms with Crippen molar-refractivity contribution in [1.29, 1.82) is 0 Å². The Morgan fingerprint density at radius 3 is 1.95 bits per heavy atom. The summed E-state index contributed by atoms with van der Waals surface area (Å²) in [5.74, 6) is -10.9. The number of benzene rings is 2. The molecule has 6 atom stereocenters. The number of nitrogens with zero attached hydrogens (tertiary/aromatic N) is 3. The number of likely N-dealkylation sites (tertiary alicyclic amines) is 1. The van der Waals surface area contributed by atoms with Crippen LogP contribution in [0, 0.1) is 5.92 Å². The van der Waals surface area contributed by atoms with Gasteiger partial charge < -0.3 is 82.3 Å². The van der Waals surface area contributed by atoms with Gasteiger partial charge in [-0.15, -0.1) is 0 Å². The lowest BCUT2D eigenvalue weighted by molar-refractivity contribution is -0.688. The number of hydrogen-bond acceptors (Lipinski definition) is 18. The third-order valence-corrected chi connectivity index (χ3v) is 12.5. The Morgan fingerprint density at radius 1 is 0.807 bits per heavy atom. The number of imide groups is 1. The number of hydrogen-bond donors (Lipinski definition) is 11. The maximum Gasteiger partial charge on any atom is 0.490 e. The van der Waals surface area contributed by atoms with E-state index in [-0.39, 0.29) is 49.3 Å². The van der Waals surface area contributed by atoms with Gasteiger partial charge in [-0.1, -0.05) is 18.9 Å². The predicted molar refractivity (Wildman–Crippen MR) is 280 cm³/mol. The van der Waals surface area contributed by atoms with Gasteiger partial charge in [-0.3, -0.25) is 33.7 Å². The molecule has 1 unspecified atom stereocenters. The van der Waals surface area contributed by atoms with E-state index in [9.17, 15) is 88.7 Å². The summed E-state index contributed by atoms with van der Waals surface area (Å²) in [5.41, 5.74) is 14.2. The van der Waals surface area contributed by atoms with Crippen molar-refractivity contribution in [3.63, 3.8) is 0 Å². The number of nitrogen functional groups attached to an aromatic ring is 1. The highest BCUT2D eigenvalue weighted by Gasteiger charge is 2.45. The van der Waals surface area contributed by atoms with Crippen molar-refractivity contribution in [2.24, 2.45) is 11.7 Å². The molecule has 2 fully saturated rings. The number of nitrogens with two attached hydrogens (primary N) is 2. The van der Waals surface area contributed by atoms with Crippen molar-refractivity contribution in [3.8, 4) is 5.75 Å². The van der Waals surface area contributed by atoms with E-state index in [1.807, 2.05) is 34.0 Å². The number of ether oxygens (including phenoxy) is 2. The average molecular weight is 1270 g/mol. The molecule has 88 heavy (non-hydrogen) atoms. The van der Waals surface area contributed by atoms with E-state index >= 15 is 0 Å². The highest BCUT2D eigenvalue weighted by molar-refractivity contribution is 6.15. The lowest BCUT2D eigenvalue weighted by atomic mass is 9.91. The summed E-state index contributed by atoms with van der Waals surface area (Å²) in [6.45, 7) is 1.03. The lowest BCUT2D eigenvalue weighted by Crippen LogP contribution is -2.60. The molecule has 0 radical (unpaired) electrons. The number of nitrogens with one attached hydrogen (secondary N) is 3. The number of carbonyl (C=O) groups is 9. The van der Waals surface area contributed by atoms with E-state index in [4.69, 9.17) is 50.6 Å². The second-order valence-corrected chi connectivity index (χ2v) is 19.0. The fourth-order valence-corrected chi connectivity index (χ4v) is 8.07. The minimum Gasteiger partial charge on any atom is -0.542 e. The Balaban J connectivity index is 0.000000821. The Hall–Kier alpha value is -8.77. The van der Waals surface area contributed by atoms with Gasteiger partial charge in [-0.2, -0.15) is 39.5 Å². The molecule has 6 amide bonds. The van der Waals surface area contributed by atoms with Crippen LogP contribution in [0.15, 0.2) is 85.2 Å². The zero-order valence-corrected chi connectivity index (χ0v) is 45.9. The van der Waals surface area contributed by atoms with Crippen LogP contribution >= 0.6 is 0 Å². The number of aliphatic hydroxyl groups is 4. The van der Waals surface area contributed by atoms with Gasteiger partial charge in [0, 0.05) is 85.8 Å². The molecule has 3 aromatic rings. The number of rotatable bonds is 20. The molecule has 2 saturated heterocycles. The quantitative estimate of drug-likeness (QED) is 0.0176. The Labute approximate surface area is 492 Å². The monoisotopic (exact) mass is 1270 g/mol. The zero-order valence-electron chi connectivity index (χ0n) is 45.9. The standard InChI is InChI=1S/C47H58N8O12.3C2HF3O2/c48-25-35(55-40(59)13-14-41(55)60)45(64)51-19-15-39(58)52-34-23-31(9-11-36(34)66-47-44(63)43(62)42(61)37(28-56)67-47)27-53-20-4-6-30(26-53)10-12-38(57)50-18-2-1-5-29-16-21-54(22-17-29)46(65)32-7-3-8-33(49)24-32;3*3-2(4,5)1(6)7/h3-4,6-14,20,23-24,26,29,35,37,42-44,47,56,61-63H,1-2,5,15-19,21-22,25,27-28,48-49H2,(H2-,50,51,52,57,58,64);3*(H,6,7)/b12-10+;;;/t35?,37-,42-,43+,44+,47+;;;/m1.../s1. The fourth-order valence-electron chi connectivity index (χ4n) is 8.07. The second-order valence-electron chi connectivity index (χ2n) is 19.0. The molecule has 13 N–H and O–H groups in total. The van der Waals surface area contributed by atoms with Crippen molar-refractivity contribution in [1.82, 2.24) is 20.4 Å². The van der Waals surface area contributed by atoms with Crippen LogP contribution < -0.4 is 41.8 Å². The first-order valence-corrected chi connectivity index (χ1v) is 26.0. The highest BCUT2D eigenvalue weighted by atomic mass is 19.4. The van der Waals surface area contributed by atoms with Crippen LogP contribution in [0.25, 0.3) is 6.08 Å². The minimum absolute atomic E-state index is 0.00376. The fraction of sp³-hybridized carbons (Fsp3) is 0.434. The van der Waals surface area contributed by atoms with Crippen LogP contribution in [0.3, 0.4) is 0 Å². The molecule has 3 aliphatic rings. The lowest BCUT2D eigenvalue weighted by Gasteiger charge is -2.39. The van der Waals surface area contributed by atoms with Gasteiger partial charge in [0.15, 0.2) is 18.9 Å². The molecule has 0 spiro atoms. The van der Waals surface area contributed by atoms with Crippen molar-refractivity contribution in [3.05, 3.63) is 102 Å². The summed E-state index contributed by atoms with van der Waals surface area (Å²) in [6, 6.07) is 14.2. The van der Waals surface area contributed by atoms with Crippen LogP contribution in [0.4, 0.5) is 50.9 Å². The molecule has 2 aromatic carbocycles. The van der Waals surface area contributed by atoms with Gasteiger partial charge in [0.05, 0.1) is 12.3 Å². The molecule has 35 heteroatoms. The number of carbonyl (C=O) groups excluding carboxylic acids is 7. The third kappa shape index (κ3) is 24.2. The minimum atomic E-state index is -5.19. The van der Waals surface area contributed by atoms with Gasteiger partial charge in [0.25, 0.3) is 17.7 Å². The van der Waals surface area contributed by atoms with Crippen molar-refractivity contribution >= 4 is 70.8 Å². The molecule has 4 heterocycles. The van der Waals surface area contributed by atoms with E-state index in [0.717, 1.165) is 54.7 Å². The van der Waals surface area contributed by atoms with Crippen LogP contribution in [0.2, 0.25) is 0 Å². The topological polar surface area (TPSA) is 415 Å². The zero-order chi connectivity index (χ0) is 66.3. The predicted octanol–water partition coefficient (Wildman–Crippen LogP) is -0.102. The Morgan fingerprint density at radius 2 is 1.41 bits per heavy atom. The smallest absolute Gasteiger partial charge is 0.490 e. The maximum atomic E-state index is 13.3. The number of unbranched alkanes of at least 4 members (excludes halogenated alkanes) is 1. The average Bonchev–Trinajstić information content (AvgIpc) is 3.58. The third-order valence-electron chi connectivity index (χ3n) is 12.5. The summed E-state index contributed by atoms with van der Waals surface area (Å²) in [5, 5.41) is 72.1. The molecule has 6 rings (SSSR count). The first-order chi connectivity index (χ1) is 41.1. The van der Waals surface area contributed by atoms with E-state index < -0.39 is 103 Å². The molecule has 0 bridgehead atoms. The number of piperidine rings is 1. The largest absolute Gasteiger partial charge is 0.542 e. The normalized spacial score (nSPS) is 19.0. The van der Waals surface area contributed by atoms with Crippen LogP contribution in [0.5, 0.6) is 5.75 Å². The van der Waals surface area contributed by atoms with E-state index in [1.165, 1.54) is 12.1 Å². The van der Waals surface area contributed by atoms with Crippen molar-refractivity contribution in [2.45, 2.75) is 100 Å². The molecule has 0 saturated carbocycles. The summed E-state index contributed by atoms with van der Waals surface area (Å²) < 4.78 is 108. The SMILES string of the molecule is NCC(C(=O)NCCC(=O)Nc1cc(C[n+]2cccc(/C=C/C(=O)NCCCCC3CCN(C(=O)c4cccc(N)c4)CC3)c2)ccc1O[C@H]1O[C@H](CO)[C@@H](O)[C@H](O)[C@@H]1O)N1C(=O)C=CC1=O.O=C(O)C(F)(F)F.O=C(O)C(F)(F)F.O=C([O-])C(F)(F)F. The Kier molecular flexibility index (Phi) is 28.4. The van der Waals surface area contributed by atoms with Gasteiger partial charge in [-0.05, 0) is 73.7 Å². The summed E-state index contributed by atoms with van der Waals surface area (Å²) >= 11 is 0. The summed E-state index contributed by atoms with van der Waals surface area (Å²) in [4.78, 5) is 105. The van der Waals surface area contributed by atoms with Crippen molar-refractivity contribution in [2.75, 3.05) is 50.4 Å². The number of carboxylic acids is 3. The molecule has 1 aromatic heterocycles. The molecule has 484 valence electrons. The first kappa shape index (κ1) is 73.5. The van der Waals surface area contributed by atoms with Gasteiger partial charge in [-0.25, -0.2) is 14.2 Å². The number of alkyl halides is 9. The van der Waals surface area contributed by atoms with Crippen LogP contribution in [0.1, 0.15) is 60.0 Å². The van der Waals surface area contributed by atoms with Crippen LogP contribution in [-0.2, 0) is 49.6 Å².